The number of benzene rings is 3. The summed E-state index contributed by atoms with van der Waals surface area (Å²) in [6.07, 6.45) is 5.19. The maximum atomic E-state index is 15.5. The van der Waals surface area contributed by atoms with Crippen LogP contribution < -0.4 is 9.47 Å². The van der Waals surface area contributed by atoms with Crippen LogP contribution in [-0.2, 0) is 17.8 Å². The summed E-state index contributed by atoms with van der Waals surface area (Å²) in [7, 11) is 1.50. The summed E-state index contributed by atoms with van der Waals surface area (Å²) in [6, 6.07) is 11.7. The molecule has 0 amide bonds. The first kappa shape index (κ1) is 30.5. The first-order valence-electron chi connectivity index (χ1n) is 14.3. The summed E-state index contributed by atoms with van der Waals surface area (Å²) in [5.74, 6) is -1.68. The molecule has 1 aliphatic carbocycles. The van der Waals surface area contributed by atoms with Crippen molar-refractivity contribution < 1.29 is 32.5 Å². The molecule has 41 heavy (non-hydrogen) atoms. The largest absolute Gasteiger partial charge is 0.497 e. The van der Waals surface area contributed by atoms with Crippen molar-refractivity contribution in [1.82, 2.24) is 0 Å². The molecule has 4 rings (SSSR count). The number of rotatable bonds is 14. The van der Waals surface area contributed by atoms with Crippen LogP contribution in [-0.4, -0.2) is 18.2 Å². The fraction of sp³-hybridized carbons (Fsp3) is 0.441. The molecular formula is C34H39F3O4. The Morgan fingerprint density at radius 1 is 0.976 bits per heavy atom. The molecule has 0 aromatic heterocycles. The first-order valence-corrected chi connectivity index (χ1v) is 14.3. The fourth-order valence-electron chi connectivity index (χ4n) is 5.66. The van der Waals surface area contributed by atoms with Crippen LogP contribution in [0.4, 0.5) is 13.2 Å². The van der Waals surface area contributed by atoms with Crippen LogP contribution in [0.2, 0.25) is 0 Å². The van der Waals surface area contributed by atoms with Gasteiger partial charge in [0, 0.05) is 17.2 Å². The highest BCUT2D eigenvalue weighted by Gasteiger charge is 2.28. The van der Waals surface area contributed by atoms with Gasteiger partial charge in [0.2, 0.25) is 0 Å². The van der Waals surface area contributed by atoms with Crippen molar-refractivity contribution in [2.24, 2.45) is 11.3 Å². The maximum absolute atomic E-state index is 15.5. The number of carboxylic acids is 1. The van der Waals surface area contributed by atoms with Crippen molar-refractivity contribution in [3.63, 3.8) is 0 Å². The standard InChI is InChI=1S/C34H39F3O4/c1-5-10-34(2,3)19-24-12-25(32(37)18-29(24)30-17-27(40-4)8-9-31(30)36)20-41-28-14-23(13-26(35)16-28)22(15-33(38)39)11-21-6-7-21/h8-9,12-14,16-18,21-22H,5-7,10-11,15,19-20H2,1-4H3,(H,38,39). The molecule has 1 atom stereocenters. The molecule has 1 aliphatic rings. The van der Waals surface area contributed by atoms with E-state index in [0.29, 0.717) is 35.6 Å². The predicted molar refractivity (Wildman–Crippen MR) is 154 cm³/mol. The number of hydrogen-bond donors (Lipinski definition) is 1. The first-order chi connectivity index (χ1) is 19.5. The van der Waals surface area contributed by atoms with Crippen LogP contribution in [0.5, 0.6) is 11.5 Å². The van der Waals surface area contributed by atoms with E-state index in [2.05, 4.69) is 20.8 Å². The van der Waals surface area contributed by atoms with Crippen LogP contribution in [0, 0.1) is 28.8 Å². The molecule has 220 valence electrons. The number of methoxy groups -OCH3 is 1. The minimum atomic E-state index is -0.935. The van der Waals surface area contributed by atoms with Gasteiger partial charge in [-0.1, -0.05) is 40.0 Å². The van der Waals surface area contributed by atoms with Crippen LogP contribution >= 0.6 is 0 Å². The second-order valence-corrected chi connectivity index (χ2v) is 12.0. The van der Waals surface area contributed by atoms with E-state index in [0.717, 1.165) is 31.2 Å². The number of aliphatic carboxylic acids is 1. The second kappa shape index (κ2) is 13.0. The van der Waals surface area contributed by atoms with Gasteiger partial charge >= 0.3 is 5.97 Å². The second-order valence-electron chi connectivity index (χ2n) is 12.0. The van der Waals surface area contributed by atoms with E-state index in [1.54, 1.807) is 18.2 Å². The molecule has 1 unspecified atom stereocenters. The molecule has 0 heterocycles. The normalized spacial score (nSPS) is 14.1. The maximum Gasteiger partial charge on any atom is 0.303 e. The van der Waals surface area contributed by atoms with E-state index < -0.39 is 23.4 Å². The third-order valence-electron chi connectivity index (χ3n) is 7.83. The number of carbonyl (C=O) groups is 1. The number of ether oxygens (including phenoxy) is 2. The lowest BCUT2D eigenvalue weighted by Crippen LogP contribution is -2.16. The summed E-state index contributed by atoms with van der Waals surface area (Å²) >= 11 is 0. The van der Waals surface area contributed by atoms with Crippen LogP contribution in [0.1, 0.15) is 81.9 Å². The molecule has 1 saturated carbocycles. The average Bonchev–Trinajstić information content (AvgIpc) is 3.72. The Balaban J connectivity index is 1.65. The molecule has 0 saturated heterocycles. The van der Waals surface area contributed by atoms with Gasteiger partial charge in [-0.15, -0.1) is 0 Å². The molecule has 0 spiro atoms. The van der Waals surface area contributed by atoms with Gasteiger partial charge in [-0.05, 0) is 95.7 Å². The van der Waals surface area contributed by atoms with Gasteiger partial charge in [0.25, 0.3) is 0 Å². The highest BCUT2D eigenvalue weighted by atomic mass is 19.1. The van der Waals surface area contributed by atoms with Crippen molar-refractivity contribution in [3.8, 4) is 22.6 Å². The molecular weight excluding hydrogens is 529 g/mol. The quantitative estimate of drug-likeness (QED) is 0.211. The lowest BCUT2D eigenvalue weighted by atomic mass is 9.79. The molecule has 1 fully saturated rings. The van der Waals surface area contributed by atoms with Crippen molar-refractivity contribution in [1.29, 1.82) is 0 Å². The van der Waals surface area contributed by atoms with Crippen molar-refractivity contribution in [2.45, 2.75) is 78.2 Å². The van der Waals surface area contributed by atoms with E-state index in [1.807, 2.05) is 0 Å². The Hall–Kier alpha value is -3.48. The zero-order valence-corrected chi connectivity index (χ0v) is 24.2. The Labute approximate surface area is 240 Å². The SMILES string of the molecule is CCCC(C)(C)Cc1cc(COc2cc(F)cc(C(CC(=O)O)CC3CC3)c2)c(F)cc1-c1cc(OC)ccc1F. The Morgan fingerprint density at radius 2 is 1.73 bits per heavy atom. The molecule has 4 nitrogen and oxygen atoms in total. The summed E-state index contributed by atoms with van der Waals surface area (Å²) < 4.78 is 56.3. The number of halogens is 3. The fourth-order valence-corrected chi connectivity index (χ4v) is 5.66. The highest BCUT2D eigenvalue weighted by molar-refractivity contribution is 5.70. The summed E-state index contributed by atoms with van der Waals surface area (Å²) in [6.45, 7) is 6.20. The minimum Gasteiger partial charge on any atom is -0.497 e. The zero-order valence-electron chi connectivity index (χ0n) is 24.2. The Bertz CT molecular complexity index is 1380. The highest BCUT2D eigenvalue weighted by Crippen LogP contribution is 2.41. The third kappa shape index (κ3) is 8.27. The van der Waals surface area contributed by atoms with E-state index in [-0.39, 0.29) is 41.2 Å². The monoisotopic (exact) mass is 568 g/mol. The molecule has 0 bridgehead atoms. The summed E-state index contributed by atoms with van der Waals surface area (Å²) in [5.41, 5.74) is 2.21. The van der Waals surface area contributed by atoms with Gasteiger partial charge in [-0.25, -0.2) is 13.2 Å². The smallest absolute Gasteiger partial charge is 0.303 e. The summed E-state index contributed by atoms with van der Waals surface area (Å²) in [4.78, 5) is 11.5. The van der Waals surface area contributed by atoms with Crippen LogP contribution in [0.15, 0.2) is 48.5 Å². The lowest BCUT2D eigenvalue weighted by molar-refractivity contribution is -0.137. The molecule has 7 heteroatoms. The minimum absolute atomic E-state index is 0.0901. The molecule has 0 aliphatic heterocycles. The van der Waals surface area contributed by atoms with Crippen molar-refractivity contribution in [2.75, 3.05) is 7.11 Å². The van der Waals surface area contributed by atoms with Crippen LogP contribution in [0.25, 0.3) is 11.1 Å². The third-order valence-corrected chi connectivity index (χ3v) is 7.83. The topological polar surface area (TPSA) is 55.8 Å². The van der Waals surface area contributed by atoms with Crippen molar-refractivity contribution in [3.05, 3.63) is 82.7 Å². The van der Waals surface area contributed by atoms with Crippen LogP contribution in [0.3, 0.4) is 0 Å². The van der Waals surface area contributed by atoms with E-state index >= 15 is 4.39 Å². The van der Waals surface area contributed by atoms with Crippen molar-refractivity contribution >= 4 is 5.97 Å². The molecule has 0 radical (unpaired) electrons. The van der Waals surface area contributed by atoms with Gasteiger partial charge in [0.1, 0.15) is 35.6 Å². The molecule has 1 N–H and O–H groups in total. The Morgan fingerprint density at radius 3 is 2.39 bits per heavy atom. The van der Waals surface area contributed by atoms with E-state index in [9.17, 15) is 18.7 Å². The lowest BCUT2D eigenvalue weighted by Gasteiger charge is -2.26. The van der Waals surface area contributed by atoms with Gasteiger partial charge in [0.15, 0.2) is 0 Å². The van der Waals surface area contributed by atoms with Gasteiger partial charge < -0.3 is 14.6 Å². The predicted octanol–water partition coefficient (Wildman–Crippen LogP) is 9.09. The van der Waals surface area contributed by atoms with Gasteiger partial charge in [0.05, 0.1) is 13.5 Å². The van der Waals surface area contributed by atoms with Gasteiger partial charge in [-0.3, -0.25) is 4.79 Å². The number of carboxylic acid groups (broad SMARTS) is 1. The average molecular weight is 569 g/mol. The van der Waals surface area contributed by atoms with Gasteiger partial charge in [-0.2, -0.15) is 0 Å². The number of hydrogen-bond acceptors (Lipinski definition) is 3. The Kier molecular flexibility index (Phi) is 9.67. The zero-order chi connectivity index (χ0) is 29.7. The molecule has 3 aromatic rings. The summed E-state index contributed by atoms with van der Waals surface area (Å²) in [5, 5.41) is 9.39. The van der Waals surface area contributed by atoms with E-state index in [4.69, 9.17) is 9.47 Å². The van der Waals surface area contributed by atoms with E-state index in [1.165, 1.54) is 37.4 Å². The molecule has 3 aromatic carbocycles.